The molecular formula is C16H25FN2O. The van der Waals surface area contributed by atoms with Gasteiger partial charge in [0.05, 0.1) is 7.11 Å². The molecule has 2 N–H and O–H groups in total. The molecule has 1 aromatic carbocycles. The van der Waals surface area contributed by atoms with Crippen LogP contribution in [0.5, 0.6) is 5.75 Å². The Morgan fingerprint density at radius 3 is 2.90 bits per heavy atom. The predicted octanol–water partition coefficient (Wildman–Crippen LogP) is 2.95. The van der Waals surface area contributed by atoms with Crippen molar-refractivity contribution in [3.05, 3.63) is 29.6 Å². The Hall–Kier alpha value is -1.13. The molecule has 3 nitrogen and oxygen atoms in total. The fourth-order valence-corrected chi connectivity index (χ4v) is 3.28. The average Bonchev–Trinajstić information content (AvgIpc) is 2.46. The van der Waals surface area contributed by atoms with Crippen LogP contribution in [0.15, 0.2) is 18.2 Å². The number of piperidine rings is 1. The van der Waals surface area contributed by atoms with E-state index in [0.717, 1.165) is 19.4 Å². The maximum atomic E-state index is 14.2. The smallest absolute Gasteiger partial charge is 0.131 e. The second-order valence-electron chi connectivity index (χ2n) is 5.79. The second kappa shape index (κ2) is 6.55. The summed E-state index contributed by atoms with van der Waals surface area (Å²) in [5.74, 6) is 1.10. The Labute approximate surface area is 120 Å². The van der Waals surface area contributed by atoms with Gasteiger partial charge in [0.2, 0.25) is 0 Å². The van der Waals surface area contributed by atoms with Crippen LogP contribution in [-0.4, -0.2) is 31.1 Å². The third kappa shape index (κ3) is 2.96. The summed E-state index contributed by atoms with van der Waals surface area (Å²) < 4.78 is 19.5. The van der Waals surface area contributed by atoms with Crippen LogP contribution in [0.1, 0.15) is 38.3 Å². The summed E-state index contributed by atoms with van der Waals surface area (Å²) in [7, 11) is 1.59. The summed E-state index contributed by atoms with van der Waals surface area (Å²) in [4.78, 5) is 2.32. The van der Waals surface area contributed by atoms with Crippen molar-refractivity contribution < 1.29 is 9.13 Å². The van der Waals surface area contributed by atoms with Crippen molar-refractivity contribution in [1.82, 2.24) is 4.90 Å². The standard InChI is InChI=1S/C16H25FN2O/c1-11-7-8-19(13(9-11)10-18)12(2)16-14(17)5-4-6-15(16)20-3/h4-6,11-13H,7-10,18H2,1-3H3. The van der Waals surface area contributed by atoms with Gasteiger partial charge in [0.1, 0.15) is 11.6 Å². The van der Waals surface area contributed by atoms with Gasteiger partial charge < -0.3 is 10.5 Å². The van der Waals surface area contributed by atoms with Gasteiger partial charge in [-0.2, -0.15) is 0 Å². The van der Waals surface area contributed by atoms with Crippen molar-refractivity contribution in [1.29, 1.82) is 0 Å². The first-order valence-corrected chi connectivity index (χ1v) is 7.36. The Kier molecular flexibility index (Phi) is 5.00. The van der Waals surface area contributed by atoms with Crippen LogP contribution in [0.3, 0.4) is 0 Å². The second-order valence-corrected chi connectivity index (χ2v) is 5.79. The van der Waals surface area contributed by atoms with E-state index in [1.54, 1.807) is 13.2 Å². The number of ether oxygens (including phenoxy) is 1. The minimum atomic E-state index is -0.203. The number of halogens is 1. The molecule has 1 aliphatic rings. The van der Waals surface area contributed by atoms with Gasteiger partial charge in [-0.15, -0.1) is 0 Å². The number of rotatable bonds is 4. The van der Waals surface area contributed by atoms with Gasteiger partial charge in [-0.25, -0.2) is 4.39 Å². The van der Waals surface area contributed by atoms with Crippen LogP contribution in [0, 0.1) is 11.7 Å². The van der Waals surface area contributed by atoms with E-state index < -0.39 is 0 Å². The third-order valence-electron chi connectivity index (χ3n) is 4.44. The molecule has 20 heavy (non-hydrogen) atoms. The van der Waals surface area contributed by atoms with Crippen molar-refractivity contribution in [3.8, 4) is 5.75 Å². The third-order valence-corrected chi connectivity index (χ3v) is 4.44. The van der Waals surface area contributed by atoms with Gasteiger partial charge >= 0.3 is 0 Å². The number of nitrogens with zero attached hydrogens (tertiary/aromatic N) is 1. The molecule has 4 heteroatoms. The zero-order valence-electron chi connectivity index (χ0n) is 12.6. The number of nitrogens with two attached hydrogens (primary N) is 1. The lowest BCUT2D eigenvalue weighted by Crippen LogP contribution is -2.47. The van der Waals surface area contributed by atoms with Crippen LogP contribution >= 0.6 is 0 Å². The summed E-state index contributed by atoms with van der Waals surface area (Å²) >= 11 is 0. The largest absolute Gasteiger partial charge is 0.496 e. The van der Waals surface area contributed by atoms with Gasteiger partial charge in [0.25, 0.3) is 0 Å². The van der Waals surface area contributed by atoms with E-state index >= 15 is 0 Å². The molecule has 0 bridgehead atoms. The highest BCUT2D eigenvalue weighted by Gasteiger charge is 2.31. The Bertz CT molecular complexity index is 452. The lowest BCUT2D eigenvalue weighted by Gasteiger charge is -2.42. The molecule has 2 rings (SSSR count). The predicted molar refractivity (Wildman–Crippen MR) is 79.3 cm³/mol. The molecule has 1 heterocycles. The molecule has 0 radical (unpaired) electrons. The fraction of sp³-hybridized carbons (Fsp3) is 0.625. The Balaban J connectivity index is 2.28. The van der Waals surface area contributed by atoms with Crippen molar-refractivity contribution in [2.75, 3.05) is 20.2 Å². The normalized spacial score (nSPS) is 25.4. The van der Waals surface area contributed by atoms with Crippen molar-refractivity contribution in [2.45, 2.75) is 38.8 Å². The fourth-order valence-electron chi connectivity index (χ4n) is 3.28. The van der Waals surface area contributed by atoms with Gasteiger partial charge in [-0.05, 0) is 44.4 Å². The molecular weight excluding hydrogens is 255 g/mol. The minimum Gasteiger partial charge on any atom is -0.496 e. The Morgan fingerprint density at radius 1 is 1.50 bits per heavy atom. The molecule has 112 valence electrons. The molecule has 0 saturated carbocycles. The number of likely N-dealkylation sites (tertiary alicyclic amines) is 1. The van der Waals surface area contributed by atoms with Gasteiger partial charge in [-0.3, -0.25) is 4.90 Å². The first-order valence-electron chi connectivity index (χ1n) is 7.36. The first-order chi connectivity index (χ1) is 9.58. The summed E-state index contributed by atoms with van der Waals surface area (Å²) in [6.07, 6.45) is 2.22. The number of hydrogen-bond donors (Lipinski definition) is 1. The molecule has 0 aliphatic carbocycles. The number of methoxy groups -OCH3 is 1. The summed E-state index contributed by atoms with van der Waals surface area (Å²) in [6.45, 7) is 5.88. The maximum Gasteiger partial charge on any atom is 0.131 e. The van der Waals surface area contributed by atoms with Crippen LogP contribution < -0.4 is 10.5 Å². The maximum absolute atomic E-state index is 14.2. The van der Waals surface area contributed by atoms with Gasteiger partial charge in [0, 0.05) is 24.2 Å². The molecule has 0 aromatic heterocycles. The lowest BCUT2D eigenvalue weighted by molar-refractivity contribution is 0.0806. The minimum absolute atomic E-state index is 0.0211. The van der Waals surface area contributed by atoms with Gasteiger partial charge in [-0.1, -0.05) is 13.0 Å². The first kappa shape index (κ1) is 15.3. The topological polar surface area (TPSA) is 38.5 Å². The van der Waals surface area contributed by atoms with Crippen LogP contribution in [-0.2, 0) is 0 Å². The zero-order chi connectivity index (χ0) is 14.7. The van der Waals surface area contributed by atoms with Crippen LogP contribution in [0.4, 0.5) is 4.39 Å². The molecule has 1 fully saturated rings. The van der Waals surface area contributed by atoms with E-state index in [4.69, 9.17) is 10.5 Å². The summed E-state index contributed by atoms with van der Waals surface area (Å²) in [6, 6.07) is 5.30. The highest BCUT2D eigenvalue weighted by molar-refractivity contribution is 5.37. The number of benzene rings is 1. The monoisotopic (exact) mass is 280 g/mol. The number of hydrogen-bond acceptors (Lipinski definition) is 3. The quantitative estimate of drug-likeness (QED) is 0.921. The molecule has 1 saturated heterocycles. The molecule has 0 amide bonds. The molecule has 1 aliphatic heterocycles. The van der Waals surface area contributed by atoms with Crippen LogP contribution in [0.2, 0.25) is 0 Å². The SMILES string of the molecule is COc1cccc(F)c1C(C)N1CCC(C)CC1CN. The highest BCUT2D eigenvalue weighted by atomic mass is 19.1. The van der Waals surface area contributed by atoms with E-state index in [1.165, 1.54) is 6.07 Å². The Morgan fingerprint density at radius 2 is 2.25 bits per heavy atom. The van der Waals surface area contributed by atoms with E-state index in [0.29, 0.717) is 29.8 Å². The summed E-state index contributed by atoms with van der Waals surface area (Å²) in [5, 5.41) is 0. The van der Waals surface area contributed by atoms with E-state index in [9.17, 15) is 4.39 Å². The van der Waals surface area contributed by atoms with E-state index in [-0.39, 0.29) is 11.9 Å². The average molecular weight is 280 g/mol. The van der Waals surface area contributed by atoms with E-state index in [2.05, 4.69) is 11.8 Å². The zero-order valence-corrected chi connectivity index (χ0v) is 12.6. The molecule has 0 spiro atoms. The van der Waals surface area contributed by atoms with E-state index in [1.807, 2.05) is 13.0 Å². The molecule has 3 atom stereocenters. The lowest BCUT2D eigenvalue weighted by atomic mass is 9.90. The van der Waals surface area contributed by atoms with Crippen molar-refractivity contribution in [2.24, 2.45) is 11.7 Å². The molecule has 3 unspecified atom stereocenters. The van der Waals surface area contributed by atoms with Crippen molar-refractivity contribution >= 4 is 0 Å². The van der Waals surface area contributed by atoms with Crippen LogP contribution in [0.25, 0.3) is 0 Å². The summed E-state index contributed by atoms with van der Waals surface area (Å²) in [5.41, 5.74) is 6.56. The van der Waals surface area contributed by atoms with Gasteiger partial charge in [0.15, 0.2) is 0 Å². The van der Waals surface area contributed by atoms with Crippen molar-refractivity contribution in [3.63, 3.8) is 0 Å². The molecule has 1 aromatic rings. The highest BCUT2D eigenvalue weighted by Crippen LogP contribution is 2.35.